The predicted molar refractivity (Wildman–Crippen MR) is 64.4 cm³/mol. The van der Waals surface area contributed by atoms with E-state index in [1.165, 1.54) is 18.8 Å². The summed E-state index contributed by atoms with van der Waals surface area (Å²) in [4.78, 5) is 22.7. The standard InChI is InChI=1S/C13H17NO4/c15-12(16)8-11-10(6-7-18-11)13(17)14-9-4-2-1-3-5-9/h6-7,9H,1-5,8H2,(H,14,17)(H,15,16). The van der Waals surface area contributed by atoms with Crippen molar-refractivity contribution in [2.24, 2.45) is 0 Å². The number of furan rings is 1. The Morgan fingerprint density at radius 1 is 1.33 bits per heavy atom. The molecule has 0 aromatic carbocycles. The number of carbonyl (C=O) groups is 2. The van der Waals surface area contributed by atoms with Crippen LogP contribution in [0.2, 0.25) is 0 Å². The van der Waals surface area contributed by atoms with E-state index < -0.39 is 5.97 Å². The Morgan fingerprint density at radius 2 is 2.06 bits per heavy atom. The zero-order valence-corrected chi connectivity index (χ0v) is 10.1. The van der Waals surface area contributed by atoms with Crippen molar-refractivity contribution in [3.05, 3.63) is 23.7 Å². The Kier molecular flexibility index (Phi) is 4.02. The fraction of sp³-hybridized carbons (Fsp3) is 0.538. The van der Waals surface area contributed by atoms with Gasteiger partial charge in [0, 0.05) is 6.04 Å². The maximum absolute atomic E-state index is 12.0. The molecule has 1 heterocycles. The molecular formula is C13H17NO4. The highest BCUT2D eigenvalue weighted by atomic mass is 16.4. The molecule has 1 aliphatic carbocycles. The molecule has 1 amide bonds. The van der Waals surface area contributed by atoms with Crippen molar-refractivity contribution in [1.29, 1.82) is 0 Å². The highest BCUT2D eigenvalue weighted by Gasteiger charge is 2.21. The minimum absolute atomic E-state index is 0.207. The normalized spacial score (nSPS) is 16.4. The topological polar surface area (TPSA) is 79.5 Å². The van der Waals surface area contributed by atoms with Crippen molar-refractivity contribution in [3.63, 3.8) is 0 Å². The third-order valence-electron chi connectivity index (χ3n) is 3.24. The zero-order valence-electron chi connectivity index (χ0n) is 10.1. The van der Waals surface area contributed by atoms with Gasteiger partial charge in [-0.3, -0.25) is 9.59 Å². The van der Waals surface area contributed by atoms with Crippen molar-refractivity contribution < 1.29 is 19.1 Å². The van der Waals surface area contributed by atoms with E-state index in [9.17, 15) is 9.59 Å². The fourth-order valence-corrected chi connectivity index (χ4v) is 2.33. The molecule has 1 fully saturated rings. The lowest BCUT2D eigenvalue weighted by Gasteiger charge is -2.22. The molecule has 5 nitrogen and oxygen atoms in total. The first-order valence-electron chi connectivity index (χ1n) is 6.26. The number of carboxylic acids is 1. The second kappa shape index (κ2) is 5.71. The number of nitrogens with one attached hydrogen (secondary N) is 1. The number of carbonyl (C=O) groups excluding carboxylic acids is 1. The molecule has 98 valence electrons. The molecule has 0 saturated heterocycles. The molecule has 0 spiro atoms. The van der Waals surface area contributed by atoms with Crippen LogP contribution in [0.1, 0.15) is 48.2 Å². The summed E-state index contributed by atoms with van der Waals surface area (Å²) >= 11 is 0. The molecule has 1 aromatic rings. The lowest BCUT2D eigenvalue weighted by Crippen LogP contribution is -2.36. The average Bonchev–Trinajstić information content (AvgIpc) is 2.77. The van der Waals surface area contributed by atoms with Crippen molar-refractivity contribution in [1.82, 2.24) is 5.32 Å². The fourth-order valence-electron chi connectivity index (χ4n) is 2.33. The minimum Gasteiger partial charge on any atom is -0.481 e. The van der Waals surface area contributed by atoms with Crippen LogP contribution in [0, 0.1) is 0 Å². The number of rotatable bonds is 4. The zero-order chi connectivity index (χ0) is 13.0. The number of aliphatic carboxylic acids is 1. The monoisotopic (exact) mass is 251 g/mol. The van der Waals surface area contributed by atoms with E-state index >= 15 is 0 Å². The molecule has 5 heteroatoms. The number of hydrogen-bond acceptors (Lipinski definition) is 3. The predicted octanol–water partition coefficient (Wildman–Crippen LogP) is 1.97. The minimum atomic E-state index is -1.00. The molecule has 1 saturated carbocycles. The first kappa shape index (κ1) is 12.7. The molecule has 0 aliphatic heterocycles. The van der Waals surface area contributed by atoms with Gasteiger partial charge in [0.25, 0.3) is 5.91 Å². The van der Waals surface area contributed by atoms with Crippen LogP contribution in [0.5, 0.6) is 0 Å². The van der Waals surface area contributed by atoms with Gasteiger partial charge in [0.1, 0.15) is 12.2 Å². The van der Waals surface area contributed by atoms with Gasteiger partial charge in [0.05, 0.1) is 11.8 Å². The van der Waals surface area contributed by atoms with E-state index in [4.69, 9.17) is 9.52 Å². The Balaban J connectivity index is 1.99. The van der Waals surface area contributed by atoms with Gasteiger partial charge in [0.2, 0.25) is 0 Å². The summed E-state index contributed by atoms with van der Waals surface area (Å²) in [7, 11) is 0. The molecule has 1 aliphatic rings. The van der Waals surface area contributed by atoms with E-state index in [0.717, 1.165) is 25.7 Å². The van der Waals surface area contributed by atoms with Crippen LogP contribution < -0.4 is 5.32 Å². The maximum atomic E-state index is 12.0. The maximum Gasteiger partial charge on any atom is 0.311 e. The summed E-state index contributed by atoms with van der Waals surface area (Å²) in [6.07, 6.45) is 6.59. The van der Waals surface area contributed by atoms with Gasteiger partial charge >= 0.3 is 5.97 Å². The lowest BCUT2D eigenvalue weighted by atomic mass is 9.95. The Bertz CT molecular complexity index is 432. The highest BCUT2D eigenvalue weighted by molar-refractivity contribution is 5.96. The third-order valence-corrected chi connectivity index (χ3v) is 3.24. The van der Waals surface area contributed by atoms with Crippen molar-refractivity contribution >= 4 is 11.9 Å². The molecule has 0 radical (unpaired) electrons. The van der Waals surface area contributed by atoms with Crippen molar-refractivity contribution in [3.8, 4) is 0 Å². The number of carboxylic acid groups (broad SMARTS) is 1. The van der Waals surface area contributed by atoms with E-state index in [1.54, 1.807) is 0 Å². The summed E-state index contributed by atoms with van der Waals surface area (Å²) in [6.45, 7) is 0. The van der Waals surface area contributed by atoms with Gasteiger partial charge in [-0.2, -0.15) is 0 Å². The van der Waals surface area contributed by atoms with E-state index in [-0.39, 0.29) is 24.1 Å². The van der Waals surface area contributed by atoms with E-state index in [2.05, 4.69) is 5.32 Å². The van der Waals surface area contributed by atoms with E-state index in [0.29, 0.717) is 5.56 Å². The van der Waals surface area contributed by atoms with Crippen molar-refractivity contribution in [2.75, 3.05) is 0 Å². The molecule has 0 unspecified atom stereocenters. The first-order valence-corrected chi connectivity index (χ1v) is 6.26. The molecule has 2 rings (SSSR count). The van der Waals surface area contributed by atoms with Gasteiger partial charge in [0.15, 0.2) is 0 Å². The Labute approximate surface area is 105 Å². The molecule has 1 aromatic heterocycles. The van der Waals surface area contributed by atoms with Crippen LogP contribution in [0.15, 0.2) is 16.7 Å². The van der Waals surface area contributed by atoms with Crippen molar-refractivity contribution in [2.45, 2.75) is 44.6 Å². The first-order chi connectivity index (χ1) is 8.66. The summed E-state index contributed by atoms with van der Waals surface area (Å²) in [5.41, 5.74) is 0.336. The van der Waals surface area contributed by atoms with Crippen LogP contribution in [0.3, 0.4) is 0 Å². The summed E-state index contributed by atoms with van der Waals surface area (Å²) in [5.74, 6) is -1.01. The second-order valence-electron chi connectivity index (χ2n) is 4.64. The number of hydrogen-bond donors (Lipinski definition) is 2. The molecule has 18 heavy (non-hydrogen) atoms. The summed E-state index contributed by atoms with van der Waals surface area (Å²) in [6, 6.07) is 1.73. The molecule has 2 N–H and O–H groups in total. The van der Waals surface area contributed by atoms with Gasteiger partial charge in [-0.15, -0.1) is 0 Å². The van der Waals surface area contributed by atoms with Crippen LogP contribution >= 0.6 is 0 Å². The van der Waals surface area contributed by atoms with Crippen LogP contribution in [0.4, 0.5) is 0 Å². The summed E-state index contributed by atoms with van der Waals surface area (Å²) < 4.78 is 5.04. The smallest absolute Gasteiger partial charge is 0.311 e. The van der Waals surface area contributed by atoms with Gasteiger partial charge in [-0.1, -0.05) is 19.3 Å². The summed E-state index contributed by atoms with van der Waals surface area (Å²) in [5, 5.41) is 11.7. The van der Waals surface area contributed by atoms with E-state index in [1.807, 2.05) is 0 Å². The van der Waals surface area contributed by atoms with Gasteiger partial charge in [-0.25, -0.2) is 0 Å². The average molecular weight is 251 g/mol. The molecule has 0 atom stereocenters. The lowest BCUT2D eigenvalue weighted by molar-refractivity contribution is -0.136. The SMILES string of the molecule is O=C(O)Cc1occc1C(=O)NC1CCCCC1. The molecule has 0 bridgehead atoms. The van der Waals surface area contributed by atoms with Crippen LogP contribution in [0.25, 0.3) is 0 Å². The van der Waals surface area contributed by atoms with Gasteiger partial charge in [-0.05, 0) is 18.9 Å². The Morgan fingerprint density at radius 3 is 2.72 bits per heavy atom. The van der Waals surface area contributed by atoms with Crippen LogP contribution in [-0.4, -0.2) is 23.0 Å². The second-order valence-corrected chi connectivity index (χ2v) is 4.64. The number of amides is 1. The quantitative estimate of drug-likeness (QED) is 0.857. The Hall–Kier alpha value is -1.78. The van der Waals surface area contributed by atoms with Crippen LogP contribution in [-0.2, 0) is 11.2 Å². The largest absolute Gasteiger partial charge is 0.481 e. The third kappa shape index (κ3) is 3.12. The molecular weight excluding hydrogens is 234 g/mol. The van der Waals surface area contributed by atoms with Gasteiger partial charge < -0.3 is 14.8 Å². The highest BCUT2D eigenvalue weighted by Crippen LogP contribution is 2.19.